The predicted octanol–water partition coefficient (Wildman–Crippen LogP) is -6.59. The Labute approximate surface area is 560 Å². The van der Waals surface area contributed by atoms with Gasteiger partial charge in [-0.3, -0.25) is 19.2 Å². The van der Waals surface area contributed by atoms with Crippen molar-refractivity contribution in [3.63, 3.8) is 0 Å². The Morgan fingerprint density at radius 1 is 0.682 bits per heavy atom. The predicted molar refractivity (Wildman–Crippen MR) is 307 cm³/mol. The average Bonchev–Trinajstić information content (AvgIpc) is 1.02. The molecule has 5 aromatic rings. The van der Waals surface area contributed by atoms with Gasteiger partial charge in [-0.2, -0.15) is 23.5 Å². The molecule has 0 unspecified atom stereocenters. The fourth-order valence-electron chi connectivity index (χ4n) is 9.71. The Morgan fingerprint density at radius 3 is 1.65 bits per heavy atom. The first-order valence-electron chi connectivity index (χ1n) is 27.7. The number of nitrogens with zero attached hydrogens (tertiary/aromatic N) is 6. The molecule has 0 saturated carbocycles. The van der Waals surface area contributed by atoms with Crippen LogP contribution < -0.4 is 80.2 Å². The summed E-state index contributed by atoms with van der Waals surface area (Å²) in [4.78, 5) is 75.0. The van der Waals surface area contributed by atoms with E-state index >= 15 is 0 Å². The molecule has 0 bridgehead atoms. The van der Waals surface area contributed by atoms with Crippen LogP contribution >= 0.6 is 23.5 Å². The zero-order valence-electron chi connectivity index (χ0n) is 49.2. The van der Waals surface area contributed by atoms with Gasteiger partial charge >= 0.3 is 59.1 Å². The number of ketones is 1. The third-order valence-electron chi connectivity index (χ3n) is 14.0. The number of aliphatic carboxylic acids is 1. The number of benzene rings is 3. The maximum absolute atomic E-state index is 13.0. The van der Waals surface area contributed by atoms with Crippen molar-refractivity contribution in [2.75, 3.05) is 42.8 Å². The summed E-state index contributed by atoms with van der Waals surface area (Å²) in [6, 6.07) is 22.0. The number of hydrogen-bond acceptors (Lipinski definition) is 24. The van der Waals surface area contributed by atoms with E-state index < -0.39 is 103 Å². The third kappa shape index (κ3) is 21.5. The summed E-state index contributed by atoms with van der Waals surface area (Å²) in [7, 11) is 0. The number of Topliss-reactive ketones (excluding diaryl/α,β-unsaturated/α-hetero) is 1. The van der Waals surface area contributed by atoms with Gasteiger partial charge in [0.25, 0.3) is 5.91 Å². The van der Waals surface area contributed by atoms with Crippen molar-refractivity contribution >= 4 is 59.3 Å². The molecule has 2 aromatic heterocycles. The first-order chi connectivity index (χ1) is 40.8. The van der Waals surface area contributed by atoms with Crippen molar-refractivity contribution in [1.29, 1.82) is 0 Å². The van der Waals surface area contributed by atoms with Gasteiger partial charge in [0, 0.05) is 74.3 Å². The van der Waals surface area contributed by atoms with Gasteiger partial charge in [-0.1, -0.05) is 83.2 Å². The van der Waals surface area contributed by atoms with Crippen LogP contribution in [0.4, 0.5) is 0 Å². The molecule has 0 spiro atoms. The van der Waals surface area contributed by atoms with Crippen LogP contribution in [0.15, 0.2) is 97.3 Å². The second-order valence-electron chi connectivity index (χ2n) is 20.5. The van der Waals surface area contributed by atoms with Crippen molar-refractivity contribution in [3.05, 3.63) is 108 Å². The van der Waals surface area contributed by atoms with Crippen LogP contribution in [0, 0.1) is 0 Å². The number of aliphatic hydroxyl groups excluding tert-OH is 6. The van der Waals surface area contributed by atoms with Gasteiger partial charge in [-0.25, -0.2) is 15.6 Å². The van der Waals surface area contributed by atoms with Crippen LogP contribution in [-0.2, 0) is 51.2 Å². The maximum atomic E-state index is 13.0. The number of nitrogens with one attached hydrogen (secondary N) is 3. The second kappa shape index (κ2) is 37.1. The van der Waals surface area contributed by atoms with Gasteiger partial charge in [0.1, 0.15) is 54.0 Å². The third-order valence-corrected chi connectivity index (χ3v) is 16.2. The van der Waals surface area contributed by atoms with Crippen LogP contribution in [-0.4, -0.2) is 217 Å². The Balaban J connectivity index is 0.00000552. The maximum Gasteiger partial charge on any atom is 1.00 e. The van der Waals surface area contributed by atoms with Crippen molar-refractivity contribution in [2.24, 2.45) is 0 Å². The van der Waals surface area contributed by atoms with Crippen LogP contribution in [0.1, 0.15) is 73.1 Å². The zero-order chi connectivity index (χ0) is 61.1. The van der Waals surface area contributed by atoms with E-state index in [1.807, 2.05) is 60.7 Å². The molecule has 0 aliphatic carbocycles. The molecule has 10 N–H and O–H groups in total. The van der Waals surface area contributed by atoms with Gasteiger partial charge in [-0.05, 0) is 48.7 Å². The molecule has 3 amide bonds. The molecule has 2 fully saturated rings. The van der Waals surface area contributed by atoms with Crippen LogP contribution in [0.2, 0.25) is 0 Å². The summed E-state index contributed by atoms with van der Waals surface area (Å²) in [5, 5.41) is 104. The summed E-state index contributed by atoms with van der Waals surface area (Å²) in [5.74, 6) is -5.93. The topological polar surface area (TPSA) is 411 Å². The molecule has 3 aromatic carbocycles. The standard InChI is InChI=1S/C57H72N9O17S2.2Na.H2O/c1-35(68)59-48-44(71)28-56(34-67,82-52(48)50(75)46(73)32-65-30-41(61-63-65)37-12-5-3-6-13-37)80-22-10-26-85-27-21-58-54(77)40-19-17-39(18-20-40)43(70)16-9-24-84-25-11-23-81-57(55(78)79)29-45(72)49(60-36(2)69)53(83-57)51(76)47(74)33-66-31-42(62-64-66)38-14-7-4-8-15-38;;;/h3-8,12-15,17-20,30-31,44-53,71-76H,9-11,16,21-29,32-33H2,1-2H3,(H,58,77)(H,59,68)(H,60,69)(H,78,79);;;1H2/q-1;2*+1;/p-2/t44-,45-,46+,47+,48+,49+,50+,51+,52+,53+,56+,57+;;;/m0.../s1. The zero-order valence-corrected chi connectivity index (χ0v) is 54.9. The number of ether oxygens (including phenoxy) is 4. The monoisotopic (exact) mass is 1280 g/mol. The Bertz CT molecular complexity index is 2980. The number of hydrogen-bond donors (Lipinski definition) is 9. The first kappa shape index (κ1) is 75.9. The second-order valence-corrected chi connectivity index (χ2v) is 23.0. The fraction of sp³-hybridized carbons (Fsp3) is 0.509. The molecule has 468 valence electrons. The van der Waals surface area contributed by atoms with Crippen LogP contribution in [0.5, 0.6) is 0 Å². The molecule has 88 heavy (non-hydrogen) atoms. The Kier molecular flexibility index (Phi) is 32.0. The van der Waals surface area contributed by atoms with Crippen molar-refractivity contribution < 1.29 is 148 Å². The molecule has 2 aliphatic rings. The number of carboxylic acids is 1. The smallest absolute Gasteiger partial charge is 0.870 e. The van der Waals surface area contributed by atoms with E-state index in [1.165, 1.54) is 46.7 Å². The molecular weight excluding hydrogens is 1210 g/mol. The number of amides is 3. The summed E-state index contributed by atoms with van der Waals surface area (Å²) in [6.45, 7) is 1.98. The van der Waals surface area contributed by atoms with Crippen molar-refractivity contribution in [3.8, 4) is 22.5 Å². The van der Waals surface area contributed by atoms with Gasteiger partial charge in [0.15, 0.2) is 5.78 Å². The quantitative estimate of drug-likeness (QED) is 0.00816. The number of aliphatic hydroxyl groups is 6. The molecule has 27 nitrogen and oxygen atoms in total. The number of carbonyl (C=O) groups excluding carboxylic acids is 6. The summed E-state index contributed by atoms with van der Waals surface area (Å²) >= 11 is 2.99. The minimum absolute atomic E-state index is 0. The van der Waals surface area contributed by atoms with Gasteiger partial charge in [0.05, 0.1) is 62.2 Å². The minimum atomic E-state index is -2.53. The first-order valence-corrected chi connectivity index (χ1v) is 30.0. The van der Waals surface area contributed by atoms with E-state index in [0.29, 0.717) is 71.3 Å². The van der Waals surface area contributed by atoms with Crippen LogP contribution in [0.3, 0.4) is 0 Å². The van der Waals surface area contributed by atoms with Crippen LogP contribution in [0.25, 0.3) is 22.5 Å². The molecule has 4 heterocycles. The number of carbonyl (C=O) groups is 5. The normalized spacial score (nSPS) is 22.9. The SMILES string of the molecule is CC(=O)N[C@H]1[C@H]([C@H](O)[C@H](O)Cn2cc(-c3ccccc3)nn2)O[C@]([C-]=O)(OCCCSCCNC(=O)c2ccc(C(=O)CCCSCCCO[C@]3(C(=O)[O-])C[C@H](O)[C@@H](NC(C)=O)[C@H]([C@H](O)[C@H](O)Cn4cc(-c5ccccc5)nn4)O3)cc2)C[C@@H]1O.[Na+].[Na+].[OH-]. The molecule has 31 heteroatoms. The van der Waals surface area contributed by atoms with Gasteiger partial charge in [-0.15, -0.1) is 10.2 Å². The summed E-state index contributed by atoms with van der Waals surface area (Å²) in [6.07, 6.45) is -7.66. The molecule has 2 aliphatic heterocycles. The van der Waals surface area contributed by atoms with Crippen molar-refractivity contribution in [1.82, 2.24) is 45.9 Å². The van der Waals surface area contributed by atoms with E-state index in [9.17, 15) is 64.5 Å². The Morgan fingerprint density at radius 2 is 1.15 bits per heavy atom. The molecule has 12 atom stereocenters. The van der Waals surface area contributed by atoms with E-state index in [-0.39, 0.29) is 109 Å². The van der Waals surface area contributed by atoms with E-state index in [4.69, 9.17) is 18.9 Å². The van der Waals surface area contributed by atoms with E-state index in [1.54, 1.807) is 42.9 Å². The van der Waals surface area contributed by atoms with Gasteiger partial charge in [0.2, 0.25) is 17.6 Å². The number of thioether (sulfide) groups is 2. The Hall–Kier alpha value is -4.58. The fourth-order valence-corrected chi connectivity index (χ4v) is 11.4. The molecular formula is C57H72N9Na2O18S2-. The largest absolute Gasteiger partial charge is 1.00 e. The average molecular weight is 1280 g/mol. The minimum Gasteiger partial charge on any atom is -0.870 e. The number of rotatable bonds is 33. The van der Waals surface area contributed by atoms with E-state index in [2.05, 4.69) is 36.6 Å². The van der Waals surface area contributed by atoms with Gasteiger partial charge < -0.3 is 85.7 Å². The molecule has 0 radical (unpaired) electrons. The summed E-state index contributed by atoms with van der Waals surface area (Å²) in [5.41, 5.74) is 3.37. The molecule has 7 rings (SSSR count). The van der Waals surface area contributed by atoms with E-state index in [0.717, 1.165) is 11.1 Å². The molecule has 2 saturated heterocycles. The van der Waals surface area contributed by atoms with Crippen molar-refractivity contribution in [2.45, 2.75) is 138 Å². The number of carboxylic acid groups (broad SMARTS) is 1. The summed E-state index contributed by atoms with van der Waals surface area (Å²) < 4.78 is 25.9. The number of aromatic nitrogens is 6.